The third-order valence-corrected chi connectivity index (χ3v) is 4.88. The van der Waals surface area contributed by atoms with Gasteiger partial charge in [0.2, 0.25) is 5.91 Å². The molecule has 1 atom stereocenters. The fourth-order valence-corrected chi connectivity index (χ4v) is 3.39. The van der Waals surface area contributed by atoms with Crippen molar-refractivity contribution in [1.29, 1.82) is 0 Å². The summed E-state index contributed by atoms with van der Waals surface area (Å²) < 4.78 is 5.00. The van der Waals surface area contributed by atoms with E-state index < -0.39 is 5.25 Å². The molecule has 3 rings (SSSR count). The molecule has 134 valence electrons. The minimum Gasteiger partial charge on any atom is -0.462 e. The van der Waals surface area contributed by atoms with Crippen LogP contribution in [0.5, 0.6) is 0 Å². The van der Waals surface area contributed by atoms with Gasteiger partial charge in [-0.3, -0.25) is 14.9 Å². The Labute approximate surface area is 155 Å². The summed E-state index contributed by atoms with van der Waals surface area (Å²) in [5, 5.41) is 4.75. The number of rotatable bonds is 6. The Morgan fingerprint density at radius 1 is 1.19 bits per heavy atom. The van der Waals surface area contributed by atoms with E-state index in [1.54, 1.807) is 25.1 Å². The molecular weight excluding hydrogens is 352 g/mol. The number of carbonyl (C=O) groups excluding carboxylic acids is 3. The zero-order chi connectivity index (χ0) is 18.5. The summed E-state index contributed by atoms with van der Waals surface area (Å²) in [6.07, 6.45) is 0. The van der Waals surface area contributed by atoms with Crippen molar-refractivity contribution in [2.24, 2.45) is 0 Å². The molecule has 0 bridgehead atoms. The van der Waals surface area contributed by atoms with Gasteiger partial charge in [0, 0.05) is 12.2 Å². The number of amides is 2. The molecule has 1 unspecified atom stereocenters. The maximum absolute atomic E-state index is 11.8. The van der Waals surface area contributed by atoms with Crippen LogP contribution in [-0.4, -0.2) is 23.7 Å². The smallest absolute Gasteiger partial charge is 0.338 e. The Balaban J connectivity index is 1.62. The van der Waals surface area contributed by atoms with E-state index in [4.69, 9.17) is 4.74 Å². The van der Waals surface area contributed by atoms with E-state index >= 15 is 0 Å². The van der Waals surface area contributed by atoms with Gasteiger partial charge in [-0.25, -0.2) is 4.79 Å². The molecule has 2 aromatic carbocycles. The van der Waals surface area contributed by atoms with Crippen molar-refractivity contribution in [1.82, 2.24) is 5.32 Å². The average Bonchev–Trinajstić information content (AvgIpc) is 2.99. The number of hydrogen-bond acceptors (Lipinski definition) is 6. The van der Waals surface area contributed by atoms with Crippen molar-refractivity contribution in [3.05, 3.63) is 65.2 Å². The molecule has 1 aliphatic heterocycles. The molecular formula is C19H18N2O4S. The average molecular weight is 370 g/mol. The number of anilines is 1. The Kier molecular flexibility index (Phi) is 5.58. The monoisotopic (exact) mass is 370 g/mol. The van der Waals surface area contributed by atoms with Gasteiger partial charge in [0.1, 0.15) is 5.25 Å². The molecule has 0 radical (unpaired) electrons. The zero-order valence-electron chi connectivity index (χ0n) is 14.2. The maximum atomic E-state index is 11.8. The molecule has 1 saturated heterocycles. The van der Waals surface area contributed by atoms with E-state index in [2.05, 4.69) is 10.6 Å². The van der Waals surface area contributed by atoms with Crippen LogP contribution in [0.15, 0.2) is 48.5 Å². The van der Waals surface area contributed by atoms with E-state index in [0.717, 1.165) is 28.6 Å². The minimum absolute atomic E-state index is 0.276. The van der Waals surface area contributed by atoms with Gasteiger partial charge in [0.25, 0.3) is 5.24 Å². The van der Waals surface area contributed by atoms with Crippen molar-refractivity contribution in [2.75, 3.05) is 11.9 Å². The van der Waals surface area contributed by atoms with Crippen LogP contribution in [0.1, 0.15) is 33.7 Å². The van der Waals surface area contributed by atoms with Crippen LogP contribution >= 0.6 is 11.8 Å². The van der Waals surface area contributed by atoms with Crippen molar-refractivity contribution in [2.45, 2.75) is 18.7 Å². The van der Waals surface area contributed by atoms with Crippen LogP contribution in [0.4, 0.5) is 10.5 Å². The lowest BCUT2D eigenvalue weighted by Crippen LogP contribution is -2.20. The van der Waals surface area contributed by atoms with Crippen LogP contribution in [0, 0.1) is 0 Å². The lowest BCUT2D eigenvalue weighted by Gasteiger charge is -2.10. The fraction of sp³-hybridized carbons (Fsp3) is 0.211. The van der Waals surface area contributed by atoms with Gasteiger partial charge in [-0.05, 0) is 48.0 Å². The Hall–Kier alpha value is -2.80. The highest BCUT2D eigenvalue weighted by Crippen LogP contribution is 2.34. The standard InChI is InChI=1S/C19H18N2O4S/c1-2-25-18(23)14-4-3-5-15(10-14)20-11-12-6-8-13(9-7-12)16-17(22)21-19(24)26-16/h3-10,16,20H,2,11H2,1H3,(H,21,22,24). The summed E-state index contributed by atoms with van der Waals surface area (Å²) in [4.78, 5) is 34.8. The van der Waals surface area contributed by atoms with Gasteiger partial charge >= 0.3 is 5.97 Å². The molecule has 0 spiro atoms. The van der Waals surface area contributed by atoms with Crippen molar-refractivity contribution >= 4 is 34.6 Å². The van der Waals surface area contributed by atoms with Crippen LogP contribution in [0.3, 0.4) is 0 Å². The van der Waals surface area contributed by atoms with Gasteiger partial charge in [-0.1, -0.05) is 30.3 Å². The van der Waals surface area contributed by atoms with Gasteiger partial charge in [-0.15, -0.1) is 0 Å². The number of carbonyl (C=O) groups is 3. The molecule has 26 heavy (non-hydrogen) atoms. The second kappa shape index (κ2) is 8.05. The number of hydrogen-bond donors (Lipinski definition) is 2. The number of nitrogens with one attached hydrogen (secondary N) is 2. The first-order chi connectivity index (χ1) is 12.6. The highest BCUT2D eigenvalue weighted by molar-refractivity contribution is 8.15. The summed E-state index contributed by atoms with van der Waals surface area (Å²) >= 11 is 0.992. The largest absolute Gasteiger partial charge is 0.462 e. The maximum Gasteiger partial charge on any atom is 0.338 e. The van der Waals surface area contributed by atoms with Gasteiger partial charge in [0.15, 0.2) is 0 Å². The normalized spacial score (nSPS) is 16.3. The molecule has 0 aliphatic carbocycles. The molecule has 0 saturated carbocycles. The van der Waals surface area contributed by atoms with Gasteiger partial charge < -0.3 is 10.1 Å². The third-order valence-electron chi connectivity index (χ3n) is 3.84. The van der Waals surface area contributed by atoms with Crippen molar-refractivity contribution in [3.63, 3.8) is 0 Å². The SMILES string of the molecule is CCOC(=O)c1cccc(NCc2ccc(C3SC(=O)NC3=O)cc2)c1. The second-order valence-electron chi connectivity index (χ2n) is 5.67. The third kappa shape index (κ3) is 4.23. The van der Waals surface area contributed by atoms with E-state index in [0.29, 0.717) is 18.7 Å². The number of benzene rings is 2. The van der Waals surface area contributed by atoms with E-state index in [-0.39, 0.29) is 17.1 Å². The van der Waals surface area contributed by atoms with Crippen molar-refractivity contribution < 1.29 is 19.1 Å². The van der Waals surface area contributed by atoms with Gasteiger partial charge in [0.05, 0.1) is 12.2 Å². The van der Waals surface area contributed by atoms with Crippen LogP contribution in [0.2, 0.25) is 0 Å². The minimum atomic E-state index is -0.481. The van der Waals surface area contributed by atoms with E-state index in [1.165, 1.54) is 0 Å². The summed E-state index contributed by atoms with van der Waals surface area (Å²) in [7, 11) is 0. The summed E-state index contributed by atoms with van der Waals surface area (Å²) in [5.41, 5.74) is 3.13. The van der Waals surface area contributed by atoms with Crippen LogP contribution < -0.4 is 10.6 Å². The first-order valence-corrected chi connectivity index (χ1v) is 9.06. The molecule has 1 heterocycles. The van der Waals surface area contributed by atoms with Gasteiger partial charge in [-0.2, -0.15) is 0 Å². The highest BCUT2D eigenvalue weighted by atomic mass is 32.2. The Morgan fingerprint density at radius 2 is 1.96 bits per heavy atom. The molecule has 2 aromatic rings. The molecule has 1 aliphatic rings. The van der Waals surface area contributed by atoms with E-state index in [1.807, 2.05) is 30.3 Å². The predicted molar refractivity (Wildman–Crippen MR) is 100 cm³/mol. The molecule has 6 nitrogen and oxygen atoms in total. The lowest BCUT2D eigenvalue weighted by atomic mass is 10.1. The number of esters is 1. The highest BCUT2D eigenvalue weighted by Gasteiger charge is 2.32. The van der Waals surface area contributed by atoms with Crippen molar-refractivity contribution in [3.8, 4) is 0 Å². The molecule has 0 aromatic heterocycles. The summed E-state index contributed by atoms with van der Waals surface area (Å²) in [5.74, 6) is -0.621. The first kappa shape index (κ1) is 18.0. The Morgan fingerprint density at radius 3 is 2.62 bits per heavy atom. The topological polar surface area (TPSA) is 84.5 Å². The molecule has 2 N–H and O–H groups in total. The number of thioether (sulfide) groups is 1. The lowest BCUT2D eigenvalue weighted by molar-refractivity contribution is -0.119. The Bertz CT molecular complexity index is 836. The molecule has 7 heteroatoms. The fourth-order valence-electron chi connectivity index (χ4n) is 2.56. The quantitative estimate of drug-likeness (QED) is 0.757. The van der Waals surface area contributed by atoms with E-state index in [9.17, 15) is 14.4 Å². The number of ether oxygens (including phenoxy) is 1. The number of imide groups is 1. The first-order valence-electron chi connectivity index (χ1n) is 8.18. The predicted octanol–water partition coefficient (Wildman–Crippen LogP) is 3.50. The second-order valence-corrected chi connectivity index (χ2v) is 6.75. The molecule has 2 amide bonds. The van der Waals surface area contributed by atoms with Crippen LogP contribution in [0.25, 0.3) is 0 Å². The van der Waals surface area contributed by atoms with Crippen LogP contribution in [-0.2, 0) is 16.1 Å². The summed E-state index contributed by atoms with van der Waals surface area (Å²) in [6.45, 7) is 2.68. The molecule has 1 fully saturated rings. The zero-order valence-corrected chi connectivity index (χ0v) is 15.0. The summed E-state index contributed by atoms with van der Waals surface area (Å²) in [6, 6.07) is 14.7.